The Labute approximate surface area is 183 Å². The maximum Gasteiger partial charge on any atom is 0.284 e. The number of nitro benzene ring substituents is 1. The minimum Gasteiger partial charge on any atom is -0.338 e. The molecule has 0 saturated carbocycles. The molecular weight excluding hydrogens is 448 g/mol. The summed E-state index contributed by atoms with van der Waals surface area (Å²) in [4.78, 5) is 30.4. The third-order valence-corrected chi connectivity index (χ3v) is 7.45. The Morgan fingerprint density at radius 1 is 1.47 bits per heavy atom. The first-order valence-corrected chi connectivity index (χ1v) is 12.8. The van der Waals surface area contributed by atoms with Crippen molar-refractivity contribution >= 4 is 44.7 Å². The van der Waals surface area contributed by atoms with Crippen LogP contribution in [0.1, 0.15) is 28.9 Å². The monoisotopic (exact) mass is 470 g/mol. The molecule has 3 rings (SSSR count). The Hall–Kier alpha value is -2.02. The predicted molar refractivity (Wildman–Crippen MR) is 116 cm³/mol. The number of benzene rings is 1. The number of nitro groups is 1. The summed E-state index contributed by atoms with van der Waals surface area (Å²) in [7, 11) is -3.29. The molecule has 0 aliphatic carbocycles. The second-order valence-electron chi connectivity index (χ2n) is 7.18. The molecule has 2 aromatic rings. The summed E-state index contributed by atoms with van der Waals surface area (Å²) in [5, 5.41) is 13.5. The van der Waals surface area contributed by atoms with E-state index in [1.165, 1.54) is 29.2 Å². The van der Waals surface area contributed by atoms with Crippen molar-refractivity contribution in [1.82, 2.24) is 14.6 Å². The van der Waals surface area contributed by atoms with Crippen LogP contribution in [0, 0.1) is 23.0 Å². The Kier molecular flexibility index (Phi) is 7.11. The number of aromatic nitrogens is 1. The number of thiazole rings is 1. The molecule has 1 aromatic heterocycles. The maximum atomic E-state index is 12.9. The summed E-state index contributed by atoms with van der Waals surface area (Å²) >= 11 is 2.61. The van der Waals surface area contributed by atoms with Crippen LogP contribution in [0.5, 0.6) is 0 Å². The van der Waals surface area contributed by atoms with Gasteiger partial charge in [0.2, 0.25) is 10.0 Å². The fourth-order valence-corrected chi connectivity index (χ4v) is 5.64. The fourth-order valence-electron chi connectivity index (χ4n) is 3.22. The SMILES string of the molecule is Cc1csc(Sc2ccc(C(=O)N3CCCC(CNS(C)(=O)=O)C3)cc2[N+](=O)[O-])n1. The lowest BCUT2D eigenvalue weighted by Gasteiger charge is -2.32. The van der Waals surface area contributed by atoms with Gasteiger partial charge in [0.15, 0.2) is 4.34 Å². The lowest BCUT2D eigenvalue weighted by atomic mass is 9.97. The van der Waals surface area contributed by atoms with E-state index in [2.05, 4.69) is 9.71 Å². The average Bonchev–Trinajstić information content (AvgIpc) is 3.10. The van der Waals surface area contributed by atoms with Crippen LogP contribution < -0.4 is 4.72 Å². The van der Waals surface area contributed by atoms with Crippen LogP contribution in [0.2, 0.25) is 0 Å². The van der Waals surface area contributed by atoms with Gasteiger partial charge in [-0.15, -0.1) is 11.3 Å². The second kappa shape index (κ2) is 9.41. The fraction of sp³-hybridized carbons (Fsp3) is 0.444. The molecule has 1 saturated heterocycles. The van der Waals surface area contributed by atoms with Crippen LogP contribution in [0.25, 0.3) is 0 Å². The number of hydrogen-bond acceptors (Lipinski definition) is 8. The molecule has 30 heavy (non-hydrogen) atoms. The van der Waals surface area contributed by atoms with Gasteiger partial charge in [-0.05, 0) is 37.8 Å². The Morgan fingerprint density at radius 2 is 2.23 bits per heavy atom. The number of sulfonamides is 1. The molecule has 2 heterocycles. The second-order valence-corrected chi connectivity index (χ2v) is 11.2. The van der Waals surface area contributed by atoms with E-state index in [-0.39, 0.29) is 29.6 Å². The molecule has 1 aliphatic rings. The van der Waals surface area contributed by atoms with E-state index >= 15 is 0 Å². The van der Waals surface area contributed by atoms with Crippen molar-refractivity contribution in [3.05, 3.63) is 45.0 Å². The number of aryl methyl sites for hydroxylation is 1. The molecule has 0 spiro atoms. The highest BCUT2D eigenvalue weighted by Crippen LogP contribution is 2.37. The van der Waals surface area contributed by atoms with E-state index in [0.717, 1.165) is 24.8 Å². The van der Waals surface area contributed by atoms with Gasteiger partial charge in [-0.25, -0.2) is 18.1 Å². The zero-order valence-corrected chi connectivity index (χ0v) is 19.0. The summed E-state index contributed by atoms with van der Waals surface area (Å²) in [6.45, 7) is 3.07. The lowest BCUT2D eigenvalue weighted by Crippen LogP contribution is -2.43. The molecule has 1 aromatic carbocycles. The van der Waals surface area contributed by atoms with Gasteiger partial charge in [0, 0.05) is 42.3 Å². The molecule has 0 bridgehead atoms. The lowest BCUT2D eigenvalue weighted by molar-refractivity contribution is -0.387. The van der Waals surface area contributed by atoms with Crippen molar-refractivity contribution in [2.75, 3.05) is 25.9 Å². The van der Waals surface area contributed by atoms with Crippen LogP contribution in [0.3, 0.4) is 0 Å². The quantitative estimate of drug-likeness (QED) is 0.487. The van der Waals surface area contributed by atoms with Crippen LogP contribution in [-0.4, -0.2) is 55.0 Å². The zero-order chi connectivity index (χ0) is 21.9. The molecule has 1 unspecified atom stereocenters. The largest absolute Gasteiger partial charge is 0.338 e. The van der Waals surface area contributed by atoms with Gasteiger partial charge in [-0.2, -0.15) is 0 Å². The number of carbonyl (C=O) groups excluding carboxylic acids is 1. The number of piperidine rings is 1. The summed E-state index contributed by atoms with van der Waals surface area (Å²) in [6, 6.07) is 4.49. The summed E-state index contributed by atoms with van der Waals surface area (Å²) in [6.07, 6.45) is 2.67. The molecule has 1 N–H and O–H groups in total. The first-order valence-electron chi connectivity index (χ1n) is 9.24. The predicted octanol–water partition coefficient (Wildman–Crippen LogP) is 2.91. The number of hydrogen-bond donors (Lipinski definition) is 1. The van der Waals surface area contributed by atoms with Gasteiger partial charge in [0.25, 0.3) is 11.6 Å². The molecule has 1 fully saturated rings. The van der Waals surface area contributed by atoms with E-state index in [4.69, 9.17) is 0 Å². The van der Waals surface area contributed by atoms with Crippen LogP contribution >= 0.6 is 23.1 Å². The van der Waals surface area contributed by atoms with Crippen molar-refractivity contribution < 1.29 is 18.1 Å². The van der Waals surface area contributed by atoms with Gasteiger partial charge in [0.1, 0.15) is 0 Å². The maximum absolute atomic E-state index is 12.9. The van der Waals surface area contributed by atoms with E-state index in [0.29, 0.717) is 22.3 Å². The Morgan fingerprint density at radius 3 is 2.87 bits per heavy atom. The minimum atomic E-state index is -3.29. The molecule has 9 nitrogen and oxygen atoms in total. The number of nitrogens with zero attached hydrogens (tertiary/aromatic N) is 3. The van der Waals surface area contributed by atoms with Gasteiger partial charge in [0.05, 0.1) is 16.1 Å². The first kappa shape index (κ1) is 22.7. The van der Waals surface area contributed by atoms with Crippen molar-refractivity contribution in [3.8, 4) is 0 Å². The highest BCUT2D eigenvalue weighted by atomic mass is 32.2. The highest BCUT2D eigenvalue weighted by molar-refractivity contribution is 8.01. The first-order chi connectivity index (χ1) is 14.1. The molecular formula is C18H22N4O5S3. The van der Waals surface area contributed by atoms with Gasteiger partial charge >= 0.3 is 0 Å². The van der Waals surface area contributed by atoms with Gasteiger partial charge < -0.3 is 4.90 Å². The van der Waals surface area contributed by atoms with E-state index in [1.54, 1.807) is 17.0 Å². The summed E-state index contributed by atoms with van der Waals surface area (Å²) in [5.41, 5.74) is 0.964. The normalized spacial score (nSPS) is 17.1. The van der Waals surface area contributed by atoms with Crippen LogP contribution in [0.15, 0.2) is 32.8 Å². The Balaban J connectivity index is 1.75. The van der Waals surface area contributed by atoms with Crippen LogP contribution in [0.4, 0.5) is 5.69 Å². The third kappa shape index (κ3) is 6.00. The van der Waals surface area contributed by atoms with E-state index < -0.39 is 14.9 Å². The smallest absolute Gasteiger partial charge is 0.284 e. The number of likely N-dealkylation sites (tertiary alicyclic amines) is 1. The van der Waals surface area contributed by atoms with E-state index in [1.807, 2.05) is 12.3 Å². The van der Waals surface area contributed by atoms with Crippen molar-refractivity contribution in [2.45, 2.75) is 29.0 Å². The molecule has 0 radical (unpaired) electrons. The third-order valence-electron chi connectivity index (χ3n) is 4.64. The standard InChI is InChI=1S/C18H22N4O5S3/c1-12-11-28-18(20-12)29-16-6-5-14(8-15(16)22(24)25)17(23)21-7-3-4-13(10-21)9-19-30(2,26)27/h5-6,8,11,13,19H,3-4,7,9-10H2,1-2H3. The number of amides is 1. The molecule has 1 atom stereocenters. The average molecular weight is 471 g/mol. The molecule has 12 heteroatoms. The van der Waals surface area contributed by atoms with Crippen molar-refractivity contribution in [3.63, 3.8) is 0 Å². The summed E-state index contributed by atoms with van der Waals surface area (Å²) in [5.74, 6) is -0.279. The number of carbonyl (C=O) groups is 1. The Bertz CT molecular complexity index is 1050. The summed E-state index contributed by atoms with van der Waals surface area (Å²) < 4.78 is 25.8. The van der Waals surface area contributed by atoms with Crippen molar-refractivity contribution in [2.24, 2.45) is 5.92 Å². The zero-order valence-electron chi connectivity index (χ0n) is 16.5. The van der Waals surface area contributed by atoms with E-state index in [9.17, 15) is 23.3 Å². The molecule has 1 aliphatic heterocycles. The van der Waals surface area contributed by atoms with Gasteiger partial charge in [-0.1, -0.05) is 11.8 Å². The van der Waals surface area contributed by atoms with Crippen LogP contribution in [-0.2, 0) is 10.0 Å². The molecule has 1 amide bonds. The highest BCUT2D eigenvalue weighted by Gasteiger charge is 2.27. The number of nitrogens with one attached hydrogen (secondary N) is 1. The van der Waals surface area contributed by atoms with Crippen molar-refractivity contribution in [1.29, 1.82) is 0 Å². The molecule has 162 valence electrons. The minimum absolute atomic E-state index is 0.00961. The van der Waals surface area contributed by atoms with Gasteiger partial charge in [-0.3, -0.25) is 14.9 Å². The topological polar surface area (TPSA) is 123 Å². The number of rotatable bonds is 7.